The first-order chi connectivity index (χ1) is 3.95. The van der Waals surface area contributed by atoms with Crippen molar-refractivity contribution >= 4 is 0 Å². The lowest BCUT2D eigenvalue weighted by atomic mass is 10.0. The van der Waals surface area contributed by atoms with Gasteiger partial charge in [0.05, 0.1) is 11.7 Å². The highest BCUT2D eigenvalue weighted by Crippen LogP contribution is 2.10. The molecule has 0 bridgehead atoms. The molecule has 0 radical (unpaired) electrons. The van der Waals surface area contributed by atoms with Gasteiger partial charge in [0.15, 0.2) is 0 Å². The van der Waals surface area contributed by atoms with Crippen LogP contribution in [0.4, 0.5) is 0 Å². The Labute approximate surface area is 55.8 Å². The Morgan fingerprint density at radius 3 is 2.22 bits per heavy atom. The highest BCUT2D eigenvalue weighted by Gasteiger charge is 2.15. The summed E-state index contributed by atoms with van der Waals surface area (Å²) < 4.78 is 0. The molecule has 0 aromatic carbocycles. The van der Waals surface area contributed by atoms with Gasteiger partial charge in [0.25, 0.3) is 0 Å². The summed E-state index contributed by atoms with van der Waals surface area (Å²) in [5.74, 6) is 0. The van der Waals surface area contributed by atoms with Crippen LogP contribution in [0.3, 0.4) is 0 Å². The molecule has 2 N–H and O–H groups in total. The molecule has 0 saturated heterocycles. The summed E-state index contributed by atoms with van der Waals surface area (Å²) >= 11 is 0. The molecule has 1 atom stereocenters. The van der Waals surface area contributed by atoms with Crippen LogP contribution in [0.25, 0.3) is 0 Å². The normalized spacial score (nSPS) is 15.1. The summed E-state index contributed by atoms with van der Waals surface area (Å²) in [4.78, 5) is 0. The van der Waals surface area contributed by atoms with E-state index in [1.807, 2.05) is 0 Å². The molecule has 0 fully saturated rings. The lowest BCUT2D eigenvalue weighted by Gasteiger charge is -2.18. The van der Waals surface area contributed by atoms with Crippen LogP contribution in [0.15, 0.2) is 12.7 Å². The SMILES string of the molecule is C=CC(O)CC(C)(C)O. The highest BCUT2D eigenvalue weighted by molar-refractivity contribution is 4.83. The smallest absolute Gasteiger partial charge is 0.0745 e. The average Bonchev–Trinajstić information content (AvgIpc) is 1.62. The third-order valence-corrected chi connectivity index (χ3v) is 0.981. The average molecular weight is 130 g/mol. The van der Waals surface area contributed by atoms with E-state index in [1.54, 1.807) is 13.8 Å². The van der Waals surface area contributed by atoms with Crippen molar-refractivity contribution in [1.29, 1.82) is 0 Å². The first kappa shape index (κ1) is 8.66. The molecule has 2 heteroatoms. The number of rotatable bonds is 3. The molecule has 0 saturated carbocycles. The predicted octanol–water partition coefficient (Wildman–Crippen LogP) is 0.694. The van der Waals surface area contributed by atoms with Crippen molar-refractivity contribution in [2.75, 3.05) is 0 Å². The topological polar surface area (TPSA) is 40.5 Å². The number of hydrogen-bond acceptors (Lipinski definition) is 2. The molecule has 0 heterocycles. The Morgan fingerprint density at radius 2 is 2.11 bits per heavy atom. The molecule has 0 aliphatic carbocycles. The number of aliphatic hydroxyl groups excluding tert-OH is 1. The van der Waals surface area contributed by atoms with E-state index in [4.69, 9.17) is 10.2 Å². The van der Waals surface area contributed by atoms with E-state index in [1.165, 1.54) is 6.08 Å². The molecule has 0 amide bonds. The first-order valence-corrected chi connectivity index (χ1v) is 2.99. The van der Waals surface area contributed by atoms with E-state index in [0.29, 0.717) is 6.42 Å². The molecule has 0 rings (SSSR count). The van der Waals surface area contributed by atoms with Gasteiger partial charge in [-0.05, 0) is 13.8 Å². The van der Waals surface area contributed by atoms with Crippen LogP contribution >= 0.6 is 0 Å². The van der Waals surface area contributed by atoms with E-state index in [-0.39, 0.29) is 0 Å². The van der Waals surface area contributed by atoms with Crippen LogP contribution in [0.5, 0.6) is 0 Å². The van der Waals surface area contributed by atoms with Gasteiger partial charge in [-0.25, -0.2) is 0 Å². The number of aliphatic hydroxyl groups is 2. The third-order valence-electron chi connectivity index (χ3n) is 0.981. The second kappa shape index (κ2) is 2.99. The summed E-state index contributed by atoms with van der Waals surface area (Å²) in [5.41, 5.74) is -0.798. The van der Waals surface area contributed by atoms with Crippen LogP contribution in [-0.2, 0) is 0 Å². The quantitative estimate of drug-likeness (QED) is 0.552. The third kappa shape index (κ3) is 5.53. The fourth-order valence-corrected chi connectivity index (χ4v) is 0.595. The van der Waals surface area contributed by atoms with Gasteiger partial charge in [0, 0.05) is 6.42 Å². The zero-order valence-corrected chi connectivity index (χ0v) is 5.96. The van der Waals surface area contributed by atoms with Gasteiger partial charge in [-0.15, -0.1) is 6.58 Å². The zero-order valence-electron chi connectivity index (χ0n) is 5.96. The minimum absolute atomic E-state index is 0.344. The molecule has 0 aromatic heterocycles. The van der Waals surface area contributed by atoms with Crippen LogP contribution in [0.2, 0.25) is 0 Å². The van der Waals surface area contributed by atoms with Crippen molar-refractivity contribution in [3.8, 4) is 0 Å². The Morgan fingerprint density at radius 1 is 1.67 bits per heavy atom. The predicted molar refractivity (Wildman–Crippen MR) is 37.1 cm³/mol. The van der Waals surface area contributed by atoms with Crippen molar-refractivity contribution in [3.63, 3.8) is 0 Å². The standard InChI is InChI=1S/C7H14O2/c1-4-6(8)5-7(2,3)9/h4,6,8-9H,1,5H2,2-3H3. The van der Waals surface area contributed by atoms with Gasteiger partial charge in [0.1, 0.15) is 0 Å². The molecule has 9 heavy (non-hydrogen) atoms. The summed E-state index contributed by atoms with van der Waals surface area (Å²) in [7, 11) is 0. The fourth-order valence-electron chi connectivity index (χ4n) is 0.595. The van der Waals surface area contributed by atoms with E-state index in [9.17, 15) is 0 Å². The Kier molecular flexibility index (Phi) is 2.88. The van der Waals surface area contributed by atoms with Crippen molar-refractivity contribution in [2.45, 2.75) is 32.0 Å². The van der Waals surface area contributed by atoms with Gasteiger partial charge in [-0.3, -0.25) is 0 Å². The van der Waals surface area contributed by atoms with Gasteiger partial charge in [-0.1, -0.05) is 6.08 Å². The van der Waals surface area contributed by atoms with Crippen molar-refractivity contribution < 1.29 is 10.2 Å². The maximum Gasteiger partial charge on any atom is 0.0745 e. The van der Waals surface area contributed by atoms with E-state index in [2.05, 4.69) is 6.58 Å². The monoisotopic (exact) mass is 130 g/mol. The number of hydrogen-bond donors (Lipinski definition) is 2. The van der Waals surface area contributed by atoms with Crippen LogP contribution in [0, 0.1) is 0 Å². The molecule has 0 spiro atoms. The van der Waals surface area contributed by atoms with Crippen LogP contribution < -0.4 is 0 Å². The van der Waals surface area contributed by atoms with E-state index >= 15 is 0 Å². The van der Waals surface area contributed by atoms with Gasteiger partial charge < -0.3 is 10.2 Å². The van der Waals surface area contributed by atoms with Gasteiger partial charge in [-0.2, -0.15) is 0 Å². The largest absolute Gasteiger partial charge is 0.390 e. The van der Waals surface area contributed by atoms with Crippen LogP contribution in [-0.4, -0.2) is 21.9 Å². The summed E-state index contributed by atoms with van der Waals surface area (Å²) in [6.45, 7) is 6.69. The van der Waals surface area contributed by atoms with E-state index in [0.717, 1.165) is 0 Å². The summed E-state index contributed by atoms with van der Waals surface area (Å²) in [6.07, 6.45) is 1.17. The first-order valence-electron chi connectivity index (χ1n) is 2.99. The van der Waals surface area contributed by atoms with Gasteiger partial charge >= 0.3 is 0 Å². The Balaban J connectivity index is 3.59. The Hall–Kier alpha value is -0.340. The maximum absolute atomic E-state index is 9.11. The molecule has 1 unspecified atom stereocenters. The molecule has 2 nitrogen and oxygen atoms in total. The van der Waals surface area contributed by atoms with Crippen LogP contribution in [0.1, 0.15) is 20.3 Å². The zero-order chi connectivity index (χ0) is 7.49. The van der Waals surface area contributed by atoms with Crippen molar-refractivity contribution in [2.24, 2.45) is 0 Å². The maximum atomic E-state index is 9.11. The lowest BCUT2D eigenvalue weighted by molar-refractivity contribution is 0.0332. The molecular weight excluding hydrogens is 116 g/mol. The molecule has 0 aliphatic rings. The molecule has 54 valence electrons. The summed E-state index contributed by atoms with van der Waals surface area (Å²) in [6, 6.07) is 0. The summed E-state index contributed by atoms with van der Waals surface area (Å²) in [5, 5.41) is 18.0. The minimum Gasteiger partial charge on any atom is -0.390 e. The van der Waals surface area contributed by atoms with Crippen molar-refractivity contribution in [3.05, 3.63) is 12.7 Å². The minimum atomic E-state index is -0.798. The molecule has 0 aromatic rings. The van der Waals surface area contributed by atoms with Crippen molar-refractivity contribution in [1.82, 2.24) is 0 Å². The van der Waals surface area contributed by atoms with E-state index < -0.39 is 11.7 Å². The highest BCUT2D eigenvalue weighted by atomic mass is 16.3. The lowest BCUT2D eigenvalue weighted by Crippen LogP contribution is -2.24. The van der Waals surface area contributed by atoms with Gasteiger partial charge in [0.2, 0.25) is 0 Å². The molecular formula is C7H14O2. The molecule has 0 aliphatic heterocycles. The second-order valence-electron chi connectivity index (χ2n) is 2.82. The fraction of sp³-hybridized carbons (Fsp3) is 0.714. The second-order valence-corrected chi connectivity index (χ2v) is 2.82. The Bertz CT molecular complexity index is 91.6.